The lowest BCUT2D eigenvalue weighted by molar-refractivity contribution is -0.132. The Kier molecular flexibility index (Phi) is 6.71. The van der Waals surface area contributed by atoms with Crippen molar-refractivity contribution in [1.29, 1.82) is 5.26 Å². The lowest BCUT2D eigenvalue weighted by Crippen LogP contribution is -2.41. The van der Waals surface area contributed by atoms with Crippen molar-refractivity contribution in [2.24, 2.45) is 0 Å². The van der Waals surface area contributed by atoms with E-state index in [-0.39, 0.29) is 5.91 Å². The maximum Gasteiger partial charge on any atom is 0.236 e. The van der Waals surface area contributed by atoms with E-state index in [9.17, 15) is 10.1 Å². The molecule has 7 heteroatoms. The van der Waals surface area contributed by atoms with Crippen LogP contribution in [-0.2, 0) is 4.79 Å². The minimum Gasteiger partial charge on any atom is -0.369 e. The van der Waals surface area contributed by atoms with Crippen molar-refractivity contribution >= 4 is 34.1 Å². The molecule has 1 amide bonds. The van der Waals surface area contributed by atoms with E-state index >= 15 is 0 Å². The van der Waals surface area contributed by atoms with Gasteiger partial charge in [-0.2, -0.15) is 5.26 Å². The number of carbonyl (C=O) groups excluding carboxylic acids is 1. The van der Waals surface area contributed by atoms with Crippen molar-refractivity contribution in [2.75, 3.05) is 50.7 Å². The predicted octanol–water partition coefficient (Wildman–Crippen LogP) is 3.14. The maximum absolute atomic E-state index is 12.5. The van der Waals surface area contributed by atoms with Crippen LogP contribution < -0.4 is 4.90 Å². The standard InChI is InChI=1S/C21H26ClN5O/c1-3-26(4-2)20(28)15-25-8-5-9-27(11-10-25)21-16(13-23)14-24-19-7-6-17(22)12-18(19)21/h6-7,12,14H,3-5,8-11,15H2,1-2H3. The van der Waals surface area contributed by atoms with Gasteiger partial charge in [0.2, 0.25) is 5.91 Å². The molecule has 0 bridgehead atoms. The van der Waals surface area contributed by atoms with Crippen LogP contribution in [0.4, 0.5) is 5.69 Å². The normalized spacial score (nSPS) is 15.3. The summed E-state index contributed by atoms with van der Waals surface area (Å²) >= 11 is 6.22. The molecule has 3 rings (SSSR count). The fourth-order valence-corrected chi connectivity index (χ4v) is 3.97. The molecular weight excluding hydrogens is 374 g/mol. The number of rotatable bonds is 5. The Labute approximate surface area is 171 Å². The first kappa shape index (κ1) is 20.4. The van der Waals surface area contributed by atoms with E-state index < -0.39 is 0 Å². The second kappa shape index (κ2) is 9.22. The summed E-state index contributed by atoms with van der Waals surface area (Å²) in [7, 11) is 0. The molecule has 1 aliphatic heterocycles. The molecule has 0 atom stereocenters. The van der Waals surface area contributed by atoms with Crippen LogP contribution in [0.2, 0.25) is 5.02 Å². The lowest BCUT2D eigenvalue weighted by atomic mass is 10.1. The summed E-state index contributed by atoms with van der Waals surface area (Å²) in [5, 5.41) is 11.2. The van der Waals surface area contributed by atoms with E-state index in [1.807, 2.05) is 36.9 Å². The van der Waals surface area contributed by atoms with Crippen LogP contribution in [0.25, 0.3) is 10.9 Å². The number of nitriles is 1. The Hall–Kier alpha value is -2.36. The number of nitrogens with zero attached hydrogens (tertiary/aromatic N) is 5. The van der Waals surface area contributed by atoms with E-state index in [0.717, 1.165) is 62.3 Å². The molecule has 2 aromatic rings. The van der Waals surface area contributed by atoms with Crippen molar-refractivity contribution in [3.05, 3.63) is 35.0 Å². The highest BCUT2D eigenvalue weighted by atomic mass is 35.5. The van der Waals surface area contributed by atoms with Crippen LogP contribution in [0.3, 0.4) is 0 Å². The van der Waals surface area contributed by atoms with Gasteiger partial charge in [0.05, 0.1) is 23.3 Å². The van der Waals surface area contributed by atoms with Crippen molar-refractivity contribution < 1.29 is 4.79 Å². The predicted molar refractivity (Wildman–Crippen MR) is 113 cm³/mol. The molecule has 2 heterocycles. The third-order valence-corrected chi connectivity index (χ3v) is 5.54. The summed E-state index contributed by atoms with van der Waals surface area (Å²) in [5.74, 6) is 0.178. The Morgan fingerprint density at radius 1 is 1.25 bits per heavy atom. The minimum absolute atomic E-state index is 0.178. The molecule has 6 nitrogen and oxygen atoms in total. The Bertz CT molecular complexity index is 890. The van der Waals surface area contributed by atoms with Crippen molar-refractivity contribution in [2.45, 2.75) is 20.3 Å². The number of likely N-dealkylation sites (N-methyl/N-ethyl adjacent to an activating group) is 1. The van der Waals surface area contributed by atoms with E-state index in [2.05, 4.69) is 20.9 Å². The Morgan fingerprint density at radius 3 is 2.75 bits per heavy atom. The van der Waals surface area contributed by atoms with Crippen molar-refractivity contribution in [3.8, 4) is 6.07 Å². The largest absolute Gasteiger partial charge is 0.369 e. The molecular formula is C21H26ClN5O. The van der Waals surface area contributed by atoms with Gasteiger partial charge >= 0.3 is 0 Å². The van der Waals surface area contributed by atoms with Gasteiger partial charge in [0, 0.05) is 55.9 Å². The molecule has 1 saturated heterocycles. The van der Waals surface area contributed by atoms with Crippen LogP contribution in [0.15, 0.2) is 24.4 Å². The van der Waals surface area contributed by atoms with Gasteiger partial charge in [0.1, 0.15) is 6.07 Å². The number of pyridine rings is 1. The second-order valence-electron chi connectivity index (χ2n) is 6.98. The SMILES string of the molecule is CCN(CC)C(=O)CN1CCCN(c2c(C#N)cnc3ccc(Cl)cc23)CC1. The number of hydrogen-bond acceptors (Lipinski definition) is 5. The van der Waals surface area contributed by atoms with E-state index in [1.165, 1.54) is 0 Å². The first-order valence-corrected chi connectivity index (χ1v) is 10.2. The molecule has 1 aromatic heterocycles. The van der Waals surface area contributed by atoms with Crippen LogP contribution in [0.5, 0.6) is 0 Å². The van der Waals surface area contributed by atoms with Gasteiger partial charge in [0.15, 0.2) is 0 Å². The van der Waals surface area contributed by atoms with Gasteiger partial charge in [-0.25, -0.2) is 0 Å². The highest BCUT2D eigenvalue weighted by Crippen LogP contribution is 2.32. The zero-order valence-corrected chi connectivity index (χ0v) is 17.2. The van der Waals surface area contributed by atoms with Gasteiger partial charge in [-0.15, -0.1) is 0 Å². The molecule has 0 aliphatic carbocycles. The average Bonchev–Trinajstić information content (AvgIpc) is 2.93. The van der Waals surface area contributed by atoms with E-state index in [0.29, 0.717) is 17.1 Å². The summed E-state index contributed by atoms with van der Waals surface area (Å²) in [4.78, 5) is 23.2. The molecule has 0 radical (unpaired) electrons. The van der Waals surface area contributed by atoms with Crippen LogP contribution >= 0.6 is 11.6 Å². The summed E-state index contributed by atoms with van der Waals surface area (Å²) in [5.41, 5.74) is 2.28. The quantitative estimate of drug-likeness (QED) is 0.772. The number of benzene rings is 1. The summed E-state index contributed by atoms with van der Waals surface area (Å²) < 4.78 is 0. The molecule has 148 valence electrons. The van der Waals surface area contributed by atoms with E-state index in [4.69, 9.17) is 11.6 Å². The third kappa shape index (κ3) is 4.37. The second-order valence-corrected chi connectivity index (χ2v) is 7.41. The fraction of sp³-hybridized carbons (Fsp3) is 0.476. The third-order valence-electron chi connectivity index (χ3n) is 5.30. The van der Waals surface area contributed by atoms with Crippen LogP contribution in [0.1, 0.15) is 25.8 Å². The molecule has 0 unspecified atom stereocenters. The van der Waals surface area contributed by atoms with Gasteiger partial charge in [-0.05, 0) is 38.5 Å². The van der Waals surface area contributed by atoms with Crippen molar-refractivity contribution in [1.82, 2.24) is 14.8 Å². The maximum atomic E-state index is 12.5. The topological polar surface area (TPSA) is 63.5 Å². The number of amides is 1. The lowest BCUT2D eigenvalue weighted by Gasteiger charge is -2.26. The molecule has 28 heavy (non-hydrogen) atoms. The monoisotopic (exact) mass is 399 g/mol. The van der Waals surface area contributed by atoms with Crippen molar-refractivity contribution in [3.63, 3.8) is 0 Å². The number of aromatic nitrogens is 1. The highest BCUT2D eigenvalue weighted by Gasteiger charge is 2.22. The average molecular weight is 400 g/mol. The molecule has 1 aliphatic rings. The summed E-state index contributed by atoms with van der Waals surface area (Å²) in [6.07, 6.45) is 2.57. The zero-order valence-electron chi connectivity index (χ0n) is 16.5. The number of anilines is 1. The van der Waals surface area contributed by atoms with Gasteiger partial charge in [-0.1, -0.05) is 11.6 Å². The summed E-state index contributed by atoms with van der Waals surface area (Å²) in [6, 6.07) is 7.86. The first-order valence-electron chi connectivity index (χ1n) is 9.80. The Morgan fingerprint density at radius 2 is 2.04 bits per heavy atom. The number of halogens is 1. The first-order chi connectivity index (χ1) is 13.6. The van der Waals surface area contributed by atoms with Gasteiger partial charge < -0.3 is 9.80 Å². The number of carbonyl (C=O) groups is 1. The van der Waals surface area contributed by atoms with Gasteiger partial charge in [0.25, 0.3) is 0 Å². The zero-order chi connectivity index (χ0) is 20.1. The number of hydrogen-bond donors (Lipinski definition) is 0. The molecule has 1 fully saturated rings. The smallest absolute Gasteiger partial charge is 0.236 e. The number of fused-ring (bicyclic) bond motifs is 1. The van der Waals surface area contributed by atoms with Crippen LogP contribution in [0, 0.1) is 11.3 Å². The van der Waals surface area contributed by atoms with E-state index in [1.54, 1.807) is 6.20 Å². The molecule has 1 aromatic carbocycles. The Balaban J connectivity index is 1.82. The molecule has 0 spiro atoms. The highest BCUT2D eigenvalue weighted by molar-refractivity contribution is 6.31. The molecule has 0 N–H and O–H groups in total. The van der Waals surface area contributed by atoms with Gasteiger partial charge in [-0.3, -0.25) is 14.7 Å². The summed E-state index contributed by atoms with van der Waals surface area (Å²) in [6.45, 7) is 9.18. The fourth-order valence-electron chi connectivity index (χ4n) is 3.79. The van der Waals surface area contributed by atoms with Crippen LogP contribution in [-0.4, -0.2) is 66.5 Å². The molecule has 0 saturated carbocycles. The minimum atomic E-state index is 0.178.